The summed E-state index contributed by atoms with van der Waals surface area (Å²) in [6, 6.07) is 17.8. The van der Waals surface area contributed by atoms with Crippen LogP contribution in [-0.4, -0.2) is 26.9 Å². The highest BCUT2D eigenvalue weighted by molar-refractivity contribution is 7.10. The van der Waals surface area contributed by atoms with Gasteiger partial charge in [0.2, 0.25) is 5.91 Å². The molecule has 1 fully saturated rings. The van der Waals surface area contributed by atoms with E-state index in [9.17, 15) is 14.4 Å². The minimum absolute atomic E-state index is 0.0214. The summed E-state index contributed by atoms with van der Waals surface area (Å²) in [5.74, 6) is -1.42. The number of benzene rings is 2. The first-order chi connectivity index (χ1) is 16.0. The smallest absolute Gasteiger partial charge is 0.313 e. The molecule has 2 aromatic carbocycles. The molecule has 5 rings (SSSR count). The van der Waals surface area contributed by atoms with Gasteiger partial charge in [0.15, 0.2) is 6.73 Å². The Kier molecular flexibility index (Phi) is 5.47. The van der Waals surface area contributed by atoms with Crippen LogP contribution in [0.3, 0.4) is 0 Å². The van der Waals surface area contributed by atoms with Gasteiger partial charge >= 0.3 is 5.97 Å². The van der Waals surface area contributed by atoms with Crippen molar-refractivity contribution in [2.24, 2.45) is 5.92 Å². The van der Waals surface area contributed by atoms with Crippen molar-refractivity contribution < 1.29 is 14.3 Å². The van der Waals surface area contributed by atoms with Gasteiger partial charge in [0.05, 0.1) is 17.3 Å². The van der Waals surface area contributed by atoms with E-state index in [1.165, 1.54) is 11.3 Å². The molecule has 1 aliphatic heterocycles. The quantitative estimate of drug-likeness (QED) is 0.424. The van der Waals surface area contributed by atoms with Crippen LogP contribution in [0.5, 0.6) is 0 Å². The number of ether oxygens (including phenoxy) is 1. The van der Waals surface area contributed by atoms with E-state index in [0.717, 1.165) is 20.8 Å². The van der Waals surface area contributed by atoms with E-state index in [1.54, 1.807) is 29.2 Å². The topological polar surface area (TPSA) is 94.4 Å². The Hall–Kier alpha value is -3.85. The minimum Gasteiger partial charge on any atom is -0.442 e. The fourth-order valence-corrected chi connectivity index (χ4v) is 4.96. The van der Waals surface area contributed by atoms with E-state index in [-0.39, 0.29) is 19.1 Å². The van der Waals surface area contributed by atoms with Gasteiger partial charge in [0, 0.05) is 17.0 Å². The van der Waals surface area contributed by atoms with Gasteiger partial charge in [-0.05, 0) is 42.6 Å². The number of carbonyl (C=O) groups is 2. The van der Waals surface area contributed by atoms with Crippen molar-refractivity contribution in [2.75, 3.05) is 4.90 Å². The highest BCUT2D eigenvalue weighted by Crippen LogP contribution is 2.43. The van der Waals surface area contributed by atoms with Crippen LogP contribution in [0.4, 0.5) is 5.69 Å². The summed E-state index contributed by atoms with van der Waals surface area (Å²) >= 11 is 1.48. The highest BCUT2D eigenvalue weighted by Gasteiger charge is 2.46. The van der Waals surface area contributed by atoms with Crippen LogP contribution in [-0.2, 0) is 21.1 Å². The SMILES string of the molecule is Cc1ccc(N2C(=O)C[C@@H](C(=O)OCn3nnc4ccccc4c3=O)[C@H]2c2cccs2)cc1. The molecule has 0 N–H and O–H groups in total. The number of nitrogens with zero attached hydrogens (tertiary/aromatic N) is 4. The first kappa shape index (κ1) is 21.0. The predicted octanol–water partition coefficient (Wildman–Crippen LogP) is 3.46. The third-order valence-electron chi connectivity index (χ3n) is 5.73. The van der Waals surface area contributed by atoms with E-state index in [2.05, 4.69) is 10.3 Å². The lowest BCUT2D eigenvalue weighted by Crippen LogP contribution is -2.32. The van der Waals surface area contributed by atoms with Crippen molar-refractivity contribution in [1.82, 2.24) is 15.0 Å². The number of hydrogen-bond donors (Lipinski definition) is 0. The monoisotopic (exact) mass is 460 g/mol. The van der Waals surface area contributed by atoms with E-state index in [4.69, 9.17) is 4.74 Å². The zero-order valence-corrected chi connectivity index (χ0v) is 18.6. The van der Waals surface area contributed by atoms with Crippen molar-refractivity contribution >= 4 is 39.8 Å². The molecule has 1 saturated heterocycles. The zero-order chi connectivity index (χ0) is 22.9. The summed E-state index contributed by atoms with van der Waals surface area (Å²) in [6.45, 7) is 1.60. The van der Waals surface area contributed by atoms with Gasteiger partial charge in [-0.25, -0.2) is 0 Å². The van der Waals surface area contributed by atoms with Gasteiger partial charge < -0.3 is 9.64 Å². The molecule has 0 aliphatic carbocycles. The van der Waals surface area contributed by atoms with E-state index in [0.29, 0.717) is 10.9 Å². The Morgan fingerprint density at radius 3 is 2.64 bits per heavy atom. The van der Waals surface area contributed by atoms with Crippen LogP contribution in [0.15, 0.2) is 70.8 Å². The van der Waals surface area contributed by atoms with Crippen LogP contribution < -0.4 is 10.5 Å². The highest BCUT2D eigenvalue weighted by atomic mass is 32.1. The number of carbonyl (C=O) groups excluding carboxylic acids is 2. The summed E-state index contributed by atoms with van der Waals surface area (Å²) in [7, 11) is 0. The van der Waals surface area contributed by atoms with Gasteiger partial charge in [0.1, 0.15) is 5.52 Å². The number of anilines is 1. The van der Waals surface area contributed by atoms with Gasteiger partial charge in [-0.3, -0.25) is 14.4 Å². The maximum Gasteiger partial charge on any atom is 0.313 e. The number of aromatic nitrogens is 3. The molecule has 33 heavy (non-hydrogen) atoms. The maximum atomic E-state index is 13.1. The summed E-state index contributed by atoms with van der Waals surface area (Å²) in [6.07, 6.45) is 0.0214. The van der Waals surface area contributed by atoms with Crippen molar-refractivity contribution in [3.05, 3.63) is 86.8 Å². The second-order valence-corrected chi connectivity index (χ2v) is 8.85. The van der Waals surface area contributed by atoms with E-state index < -0.39 is 23.5 Å². The number of thiophene rings is 1. The molecule has 0 radical (unpaired) electrons. The number of hydrogen-bond acceptors (Lipinski definition) is 7. The lowest BCUT2D eigenvalue weighted by Gasteiger charge is -2.27. The molecule has 8 nitrogen and oxygen atoms in total. The van der Waals surface area contributed by atoms with Crippen LogP contribution >= 0.6 is 11.3 Å². The fraction of sp³-hybridized carbons (Fsp3) is 0.208. The molecule has 2 atom stereocenters. The predicted molar refractivity (Wildman–Crippen MR) is 124 cm³/mol. The van der Waals surface area contributed by atoms with E-state index >= 15 is 0 Å². The van der Waals surface area contributed by atoms with Crippen molar-refractivity contribution in [1.29, 1.82) is 0 Å². The molecule has 0 unspecified atom stereocenters. The van der Waals surface area contributed by atoms with Crippen molar-refractivity contribution in [3.63, 3.8) is 0 Å². The Labute approximate surface area is 193 Å². The number of rotatable bonds is 5. The van der Waals surface area contributed by atoms with Gasteiger partial charge in [-0.1, -0.05) is 41.1 Å². The number of aryl methyl sites for hydroxylation is 1. The molecule has 2 aromatic heterocycles. The van der Waals surface area contributed by atoms with Crippen LogP contribution in [0.1, 0.15) is 22.9 Å². The standard InChI is InChI=1S/C24H20N4O4S/c1-15-8-10-16(11-9-15)28-21(29)13-18(22(28)20-7-4-12-33-20)24(31)32-14-27-23(30)17-5-2-3-6-19(17)25-26-27/h2-12,18,22H,13-14H2,1H3/t18-,22+/m1/s1. The normalized spacial score (nSPS) is 18.1. The van der Waals surface area contributed by atoms with Gasteiger partial charge in [-0.2, -0.15) is 4.68 Å². The van der Waals surface area contributed by atoms with Gasteiger partial charge in [-0.15, -0.1) is 16.4 Å². The minimum atomic E-state index is -0.707. The Bertz CT molecular complexity index is 1380. The largest absolute Gasteiger partial charge is 0.442 e. The molecule has 1 aliphatic rings. The van der Waals surface area contributed by atoms with Crippen LogP contribution in [0.25, 0.3) is 10.9 Å². The summed E-state index contributed by atoms with van der Waals surface area (Å²) in [4.78, 5) is 41.3. The molecule has 0 bridgehead atoms. The fourth-order valence-electron chi connectivity index (χ4n) is 4.08. The second kappa shape index (κ2) is 8.59. The van der Waals surface area contributed by atoms with Crippen LogP contribution in [0, 0.1) is 12.8 Å². The lowest BCUT2D eigenvalue weighted by molar-refractivity contribution is -0.153. The Morgan fingerprint density at radius 2 is 1.88 bits per heavy atom. The maximum absolute atomic E-state index is 13.1. The summed E-state index contributed by atoms with van der Waals surface area (Å²) in [5, 5.41) is 10.2. The van der Waals surface area contributed by atoms with Crippen LogP contribution in [0.2, 0.25) is 0 Å². The first-order valence-corrected chi connectivity index (χ1v) is 11.3. The third-order valence-corrected chi connectivity index (χ3v) is 6.67. The van der Waals surface area contributed by atoms with Crippen molar-refractivity contribution in [3.8, 4) is 0 Å². The van der Waals surface area contributed by atoms with E-state index in [1.807, 2.05) is 48.7 Å². The average Bonchev–Trinajstić information content (AvgIpc) is 3.47. The number of esters is 1. The molecule has 0 spiro atoms. The molecule has 9 heteroatoms. The molecule has 4 aromatic rings. The second-order valence-electron chi connectivity index (χ2n) is 7.87. The number of amides is 1. The summed E-state index contributed by atoms with van der Waals surface area (Å²) in [5.41, 5.74) is 1.89. The third kappa shape index (κ3) is 3.91. The Morgan fingerprint density at radius 1 is 1.09 bits per heavy atom. The lowest BCUT2D eigenvalue weighted by atomic mass is 9.99. The van der Waals surface area contributed by atoms with Gasteiger partial charge in [0.25, 0.3) is 5.56 Å². The molecular formula is C24H20N4O4S. The first-order valence-electron chi connectivity index (χ1n) is 10.4. The van der Waals surface area contributed by atoms with Crippen molar-refractivity contribution in [2.45, 2.75) is 26.1 Å². The number of fused-ring (bicyclic) bond motifs is 1. The zero-order valence-electron chi connectivity index (χ0n) is 17.7. The molecule has 3 heterocycles. The molecule has 1 amide bonds. The average molecular weight is 461 g/mol. The Balaban J connectivity index is 1.41. The molecular weight excluding hydrogens is 440 g/mol. The molecule has 0 saturated carbocycles. The molecule has 166 valence electrons. The summed E-state index contributed by atoms with van der Waals surface area (Å²) < 4.78 is 6.48.